The lowest BCUT2D eigenvalue weighted by atomic mass is 9.97. The number of aromatic amines is 1. The van der Waals surface area contributed by atoms with Gasteiger partial charge >= 0.3 is 0 Å². The van der Waals surface area contributed by atoms with Gasteiger partial charge in [-0.1, -0.05) is 24.4 Å². The summed E-state index contributed by atoms with van der Waals surface area (Å²) < 4.78 is 18.2. The molecule has 6 nitrogen and oxygen atoms in total. The molecule has 0 bridgehead atoms. The molecule has 0 spiro atoms. The van der Waals surface area contributed by atoms with Crippen molar-refractivity contribution in [1.82, 2.24) is 9.88 Å². The van der Waals surface area contributed by atoms with Crippen molar-refractivity contribution in [3.63, 3.8) is 0 Å². The SMILES string of the molecule is CN1CCOCC1.N#Cc1c(N)[nH]c(=S)c(C#N)c1-c1ccc(F)cc1. The molecule has 0 atom stereocenters. The Morgan fingerprint density at radius 2 is 1.73 bits per heavy atom. The first-order chi connectivity index (χ1) is 12.5. The van der Waals surface area contributed by atoms with Gasteiger partial charge in [0.25, 0.3) is 0 Å². The number of nitrogens with two attached hydrogens (primary N) is 1. The number of pyridine rings is 1. The lowest BCUT2D eigenvalue weighted by molar-refractivity contribution is 0.0503. The van der Waals surface area contributed by atoms with E-state index in [9.17, 15) is 4.39 Å². The van der Waals surface area contributed by atoms with Crippen LogP contribution < -0.4 is 5.73 Å². The minimum absolute atomic E-state index is 0.0887. The Hall–Kier alpha value is -2.78. The highest BCUT2D eigenvalue weighted by Gasteiger charge is 2.16. The number of hydrogen-bond acceptors (Lipinski definition) is 6. The highest BCUT2D eigenvalue weighted by molar-refractivity contribution is 7.71. The number of nitrogens with zero attached hydrogens (tertiary/aromatic N) is 3. The van der Waals surface area contributed by atoms with Crippen molar-refractivity contribution < 1.29 is 9.13 Å². The standard InChI is InChI=1S/C13H7FN4S.C5H11NO/c14-8-3-1-7(2-4-8)11-9(5-15)12(17)18-13(19)10(11)6-16;1-6-2-4-7-5-3-6/h1-4H,(H3,17,18,19);2-5H2,1H3. The number of halogens is 1. The molecule has 134 valence electrons. The van der Waals surface area contributed by atoms with E-state index in [1.165, 1.54) is 24.3 Å². The second kappa shape index (κ2) is 9.07. The molecule has 0 aliphatic carbocycles. The fourth-order valence-corrected chi connectivity index (χ4v) is 2.66. The number of nitrogen functional groups attached to an aromatic ring is 1. The molecule has 1 aliphatic heterocycles. The number of benzene rings is 1. The van der Waals surface area contributed by atoms with Gasteiger partial charge in [-0.25, -0.2) is 4.39 Å². The molecule has 26 heavy (non-hydrogen) atoms. The average molecular weight is 371 g/mol. The number of likely N-dealkylation sites (N-methyl/N-ethyl adjacent to an activating group) is 1. The molecule has 8 heteroatoms. The summed E-state index contributed by atoms with van der Waals surface area (Å²) >= 11 is 5.02. The summed E-state index contributed by atoms with van der Waals surface area (Å²) in [6, 6.07) is 9.31. The summed E-state index contributed by atoms with van der Waals surface area (Å²) in [7, 11) is 2.11. The first-order valence-corrected chi connectivity index (χ1v) is 8.27. The third kappa shape index (κ3) is 4.64. The van der Waals surface area contributed by atoms with E-state index < -0.39 is 5.82 Å². The molecule has 0 unspecified atom stereocenters. The van der Waals surface area contributed by atoms with Crippen molar-refractivity contribution in [2.75, 3.05) is 39.1 Å². The minimum atomic E-state index is -0.408. The molecule has 1 aromatic carbocycles. The van der Waals surface area contributed by atoms with Gasteiger partial charge in [-0.15, -0.1) is 0 Å². The van der Waals surface area contributed by atoms with Crippen LogP contribution in [0.5, 0.6) is 0 Å². The molecule has 1 fully saturated rings. The van der Waals surface area contributed by atoms with E-state index in [-0.39, 0.29) is 21.6 Å². The Labute approximate surface area is 156 Å². The summed E-state index contributed by atoms with van der Waals surface area (Å²) in [5.74, 6) is -0.319. The van der Waals surface area contributed by atoms with Crippen LogP contribution in [0.4, 0.5) is 10.2 Å². The van der Waals surface area contributed by atoms with Gasteiger partial charge < -0.3 is 20.4 Å². The first-order valence-electron chi connectivity index (χ1n) is 7.86. The summed E-state index contributed by atoms with van der Waals surface area (Å²) in [5.41, 5.74) is 6.80. The summed E-state index contributed by atoms with van der Waals surface area (Å²) in [6.45, 7) is 4.02. The van der Waals surface area contributed by atoms with Gasteiger partial charge in [0.2, 0.25) is 0 Å². The Kier molecular flexibility index (Phi) is 6.81. The molecule has 1 aliphatic rings. The molecule has 1 aromatic heterocycles. The predicted molar refractivity (Wildman–Crippen MR) is 99.2 cm³/mol. The monoisotopic (exact) mass is 371 g/mol. The lowest BCUT2D eigenvalue weighted by Crippen LogP contribution is -2.32. The number of H-pyrrole nitrogens is 1. The van der Waals surface area contributed by atoms with Crippen LogP contribution in [-0.2, 0) is 4.74 Å². The van der Waals surface area contributed by atoms with Crippen LogP contribution in [0.15, 0.2) is 24.3 Å². The number of rotatable bonds is 1. The van der Waals surface area contributed by atoms with Crippen molar-refractivity contribution >= 4 is 18.0 Å². The normalized spacial score (nSPS) is 13.8. The third-order valence-corrected chi connectivity index (χ3v) is 4.14. The molecular formula is C18H18FN5OS. The number of aromatic nitrogens is 1. The molecule has 0 saturated carbocycles. The number of nitriles is 2. The van der Waals surface area contributed by atoms with E-state index in [0.29, 0.717) is 11.1 Å². The van der Waals surface area contributed by atoms with E-state index in [4.69, 9.17) is 33.2 Å². The molecule has 2 heterocycles. The van der Waals surface area contributed by atoms with Crippen LogP contribution in [0.25, 0.3) is 11.1 Å². The quantitative estimate of drug-likeness (QED) is 0.748. The van der Waals surface area contributed by atoms with Crippen LogP contribution in [0.2, 0.25) is 0 Å². The maximum atomic E-state index is 12.9. The Bertz CT molecular complexity index is 905. The van der Waals surface area contributed by atoms with E-state index >= 15 is 0 Å². The van der Waals surface area contributed by atoms with Crippen LogP contribution >= 0.6 is 12.2 Å². The minimum Gasteiger partial charge on any atom is -0.384 e. The maximum absolute atomic E-state index is 12.9. The maximum Gasteiger partial charge on any atom is 0.123 e. The van der Waals surface area contributed by atoms with Crippen LogP contribution in [0, 0.1) is 33.1 Å². The summed E-state index contributed by atoms with van der Waals surface area (Å²) in [5, 5.41) is 18.3. The second-order valence-corrected chi connectivity index (χ2v) is 6.05. The Balaban J connectivity index is 0.000000290. The van der Waals surface area contributed by atoms with Crippen molar-refractivity contribution in [2.24, 2.45) is 0 Å². The lowest BCUT2D eigenvalue weighted by Gasteiger charge is -2.21. The molecule has 3 N–H and O–H groups in total. The molecule has 0 radical (unpaired) electrons. The number of anilines is 1. The molecule has 2 aromatic rings. The van der Waals surface area contributed by atoms with Gasteiger partial charge in [0, 0.05) is 18.7 Å². The highest BCUT2D eigenvalue weighted by Crippen LogP contribution is 2.30. The van der Waals surface area contributed by atoms with Gasteiger partial charge in [0.15, 0.2) is 0 Å². The summed E-state index contributed by atoms with van der Waals surface area (Å²) in [4.78, 5) is 4.87. The van der Waals surface area contributed by atoms with E-state index in [1.54, 1.807) is 0 Å². The van der Waals surface area contributed by atoms with Crippen LogP contribution in [0.3, 0.4) is 0 Å². The van der Waals surface area contributed by atoms with E-state index in [2.05, 4.69) is 16.9 Å². The third-order valence-electron chi connectivity index (χ3n) is 3.84. The van der Waals surface area contributed by atoms with Gasteiger partial charge in [0.1, 0.15) is 34.0 Å². The smallest absolute Gasteiger partial charge is 0.123 e. The zero-order valence-electron chi connectivity index (χ0n) is 14.3. The van der Waals surface area contributed by atoms with Crippen molar-refractivity contribution in [3.8, 4) is 23.3 Å². The van der Waals surface area contributed by atoms with Gasteiger partial charge in [-0.2, -0.15) is 10.5 Å². The zero-order chi connectivity index (χ0) is 19.1. The Morgan fingerprint density at radius 3 is 2.19 bits per heavy atom. The predicted octanol–water partition coefficient (Wildman–Crippen LogP) is 2.82. The van der Waals surface area contributed by atoms with E-state index in [0.717, 1.165) is 26.3 Å². The number of hydrogen-bond donors (Lipinski definition) is 2. The van der Waals surface area contributed by atoms with Crippen molar-refractivity contribution in [2.45, 2.75) is 0 Å². The Morgan fingerprint density at radius 1 is 1.15 bits per heavy atom. The fourth-order valence-electron chi connectivity index (χ4n) is 2.40. The van der Waals surface area contributed by atoms with E-state index in [1.807, 2.05) is 12.1 Å². The van der Waals surface area contributed by atoms with Crippen LogP contribution in [-0.4, -0.2) is 43.2 Å². The molecular weight excluding hydrogens is 353 g/mol. The number of nitrogens with one attached hydrogen (secondary N) is 1. The fraction of sp³-hybridized carbons (Fsp3) is 0.278. The highest BCUT2D eigenvalue weighted by atomic mass is 32.1. The largest absolute Gasteiger partial charge is 0.384 e. The second-order valence-electron chi connectivity index (χ2n) is 5.64. The van der Waals surface area contributed by atoms with Gasteiger partial charge in [-0.05, 0) is 24.7 Å². The number of ether oxygens (including phenoxy) is 1. The average Bonchev–Trinajstić information content (AvgIpc) is 2.63. The zero-order valence-corrected chi connectivity index (χ0v) is 15.1. The van der Waals surface area contributed by atoms with Crippen molar-refractivity contribution in [3.05, 3.63) is 45.9 Å². The number of morpholine rings is 1. The van der Waals surface area contributed by atoms with Gasteiger partial charge in [0.05, 0.1) is 18.8 Å². The topological polar surface area (TPSA) is 102 Å². The summed E-state index contributed by atoms with van der Waals surface area (Å²) in [6.07, 6.45) is 0. The van der Waals surface area contributed by atoms with Crippen molar-refractivity contribution in [1.29, 1.82) is 10.5 Å². The van der Waals surface area contributed by atoms with Gasteiger partial charge in [-0.3, -0.25) is 0 Å². The molecule has 3 rings (SSSR count). The molecule has 1 saturated heterocycles. The molecule has 0 amide bonds. The van der Waals surface area contributed by atoms with Crippen LogP contribution in [0.1, 0.15) is 11.1 Å². The first kappa shape index (κ1) is 19.5.